The molecule has 2 saturated carbocycles. The fourth-order valence-electron chi connectivity index (χ4n) is 5.06. The van der Waals surface area contributed by atoms with Crippen LogP contribution in [0.2, 0.25) is 10.0 Å². The van der Waals surface area contributed by atoms with Gasteiger partial charge in [0.05, 0.1) is 21.9 Å². The van der Waals surface area contributed by atoms with Crippen LogP contribution >= 0.6 is 23.2 Å². The van der Waals surface area contributed by atoms with Crippen LogP contribution in [0.25, 0.3) is 0 Å². The summed E-state index contributed by atoms with van der Waals surface area (Å²) in [6.45, 7) is -0.348. The molecule has 5 rings (SSSR count). The van der Waals surface area contributed by atoms with E-state index in [9.17, 15) is 14.4 Å². The molecule has 1 aromatic rings. The molecule has 4 atom stereocenters. The average Bonchev–Trinajstić information content (AvgIpc) is 3.25. The second-order valence-corrected chi connectivity index (χ2v) is 8.45. The Morgan fingerprint density at radius 2 is 1.74 bits per heavy atom. The zero-order valence-electron chi connectivity index (χ0n) is 14.2. The third-order valence-electron chi connectivity index (χ3n) is 6.35. The van der Waals surface area contributed by atoms with Gasteiger partial charge in [0, 0.05) is 6.07 Å². The molecule has 1 aromatic carbocycles. The summed E-state index contributed by atoms with van der Waals surface area (Å²) in [6, 6.07) is 4.63. The van der Waals surface area contributed by atoms with Crippen LogP contribution in [0.15, 0.2) is 30.4 Å². The zero-order chi connectivity index (χ0) is 18.9. The van der Waals surface area contributed by atoms with Crippen molar-refractivity contribution in [3.05, 3.63) is 40.4 Å². The maximum absolute atomic E-state index is 12.8. The van der Waals surface area contributed by atoms with Gasteiger partial charge in [0.2, 0.25) is 0 Å². The van der Waals surface area contributed by atoms with Gasteiger partial charge in [-0.1, -0.05) is 35.4 Å². The SMILES string of the molecule is O=C(COc1ccc(Cl)c(Cl)c1)NN1C(=O)[C@@H]2[C@H](C1=O)[C@@H]1C=C[C@H]2C12CC2. The number of hydrazine groups is 1. The van der Waals surface area contributed by atoms with Crippen LogP contribution in [0.1, 0.15) is 12.8 Å². The van der Waals surface area contributed by atoms with Crippen LogP contribution in [-0.2, 0) is 14.4 Å². The van der Waals surface area contributed by atoms with Gasteiger partial charge in [0.25, 0.3) is 17.7 Å². The van der Waals surface area contributed by atoms with Crippen LogP contribution in [0.5, 0.6) is 5.75 Å². The number of imide groups is 1. The van der Waals surface area contributed by atoms with E-state index in [1.165, 1.54) is 6.07 Å². The van der Waals surface area contributed by atoms with Crippen molar-refractivity contribution in [2.75, 3.05) is 6.61 Å². The van der Waals surface area contributed by atoms with Gasteiger partial charge in [0.15, 0.2) is 6.61 Å². The highest BCUT2D eigenvalue weighted by Gasteiger charge is 2.73. The fraction of sp³-hybridized carbons (Fsp3) is 0.421. The topological polar surface area (TPSA) is 75.7 Å². The van der Waals surface area contributed by atoms with Crippen molar-refractivity contribution >= 4 is 40.9 Å². The van der Waals surface area contributed by atoms with Crippen molar-refractivity contribution < 1.29 is 19.1 Å². The number of carbonyl (C=O) groups excluding carboxylic acids is 3. The second-order valence-electron chi connectivity index (χ2n) is 7.63. The van der Waals surface area contributed by atoms with Gasteiger partial charge in [-0.15, -0.1) is 0 Å². The van der Waals surface area contributed by atoms with Crippen LogP contribution in [0, 0.1) is 29.1 Å². The number of allylic oxidation sites excluding steroid dienone is 2. The summed E-state index contributed by atoms with van der Waals surface area (Å²) in [5.41, 5.74) is 2.54. The highest BCUT2D eigenvalue weighted by molar-refractivity contribution is 6.42. The minimum Gasteiger partial charge on any atom is -0.484 e. The number of benzene rings is 1. The van der Waals surface area contributed by atoms with E-state index in [1.807, 2.05) is 0 Å². The summed E-state index contributed by atoms with van der Waals surface area (Å²) in [6.07, 6.45) is 6.32. The van der Waals surface area contributed by atoms with E-state index in [-0.39, 0.29) is 47.5 Å². The van der Waals surface area contributed by atoms with Gasteiger partial charge in [-0.3, -0.25) is 19.8 Å². The van der Waals surface area contributed by atoms with Crippen molar-refractivity contribution in [3.8, 4) is 5.75 Å². The zero-order valence-corrected chi connectivity index (χ0v) is 15.7. The van der Waals surface area contributed by atoms with E-state index in [2.05, 4.69) is 17.6 Å². The molecule has 4 aliphatic rings. The standard InChI is InChI=1S/C19H16Cl2N2O4/c20-12-4-1-9(7-13(12)21)27-8-14(24)22-23-17(25)15-10-2-3-11(16(15)18(23)26)19(10)5-6-19/h1-4,7,10-11,15-16H,5-6,8H2,(H,22,24)/t10-,11+,15+,16-. The number of hydrogen-bond acceptors (Lipinski definition) is 4. The number of ether oxygens (including phenoxy) is 1. The van der Waals surface area contributed by atoms with Crippen molar-refractivity contribution in [1.82, 2.24) is 10.4 Å². The molecule has 27 heavy (non-hydrogen) atoms. The lowest BCUT2D eigenvalue weighted by Gasteiger charge is -2.22. The molecule has 0 radical (unpaired) electrons. The molecule has 1 saturated heterocycles. The fourth-order valence-corrected chi connectivity index (χ4v) is 5.35. The Balaban J connectivity index is 1.24. The Hall–Kier alpha value is -2.05. The smallest absolute Gasteiger partial charge is 0.276 e. The van der Waals surface area contributed by atoms with Gasteiger partial charge >= 0.3 is 0 Å². The van der Waals surface area contributed by atoms with Crippen LogP contribution in [-0.4, -0.2) is 29.3 Å². The predicted octanol–water partition coefficient (Wildman–Crippen LogP) is 2.60. The van der Waals surface area contributed by atoms with Crippen LogP contribution in [0.4, 0.5) is 0 Å². The first-order valence-corrected chi connectivity index (χ1v) is 9.61. The van der Waals surface area contributed by atoms with Crippen LogP contribution < -0.4 is 10.2 Å². The number of amides is 3. The Kier molecular flexibility index (Phi) is 3.62. The normalized spacial score (nSPS) is 31.6. The van der Waals surface area contributed by atoms with Gasteiger partial charge in [-0.2, -0.15) is 5.01 Å². The number of fused-ring (bicyclic) bond motifs is 3. The highest BCUT2D eigenvalue weighted by atomic mass is 35.5. The van der Waals surface area contributed by atoms with Gasteiger partial charge in [-0.25, -0.2) is 0 Å². The third-order valence-corrected chi connectivity index (χ3v) is 7.09. The molecule has 0 aromatic heterocycles. The minimum atomic E-state index is -0.579. The molecule has 1 aliphatic heterocycles. The van der Waals surface area contributed by atoms with E-state index < -0.39 is 5.91 Å². The second kappa shape index (κ2) is 5.72. The van der Waals surface area contributed by atoms with Gasteiger partial charge in [0.1, 0.15) is 5.75 Å². The number of nitrogens with one attached hydrogen (secondary N) is 1. The number of nitrogens with zero attached hydrogens (tertiary/aromatic N) is 1. The molecule has 0 unspecified atom stereocenters. The van der Waals surface area contributed by atoms with E-state index in [1.54, 1.807) is 12.1 Å². The maximum Gasteiger partial charge on any atom is 0.276 e. The first-order chi connectivity index (χ1) is 12.9. The number of halogens is 2. The molecule has 3 amide bonds. The summed E-state index contributed by atoms with van der Waals surface area (Å²) in [4.78, 5) is 37.8. The van der Waals surface area contributed by atoms with E-state index in [0.717, 1.165) is 17.9 Å². The van der Waals surface area contributed by atoms with E-state index in [4.69, 9.17) is 27.9 Å². The van der Waals surface area contributed by atoms with Gasteiger partial charge in [-0.05, 0) is 42.2 Å². The Bertz CT molecular complexity index is 877. The molecule has 1 spiro atoms. The van der Waals surface area contributed by atoms with Crippen LogP contribution in [0.3, 0.4) is 0 Å². The van der Waals surface area contributed by atoms with Gasteiger partial charge < -0.3 is 4.74 Å². The van der Waals surface area contributed by atoms with Crippen molar-refractivity contribution in [2.45, 2.75) is 12.8 Å². The van der Waals surface area contributed by atoms with Crippen molar-refractivity contribution in [3.63, 3.8) is 0 Å². The molecule has 3 fully saturated rings. The Morgan fingerprint density at radius 1 is 1.11 bits per heavy atom. The predicted molar refractivity (Wildman–Crippen MR) is 96.7 cm³/mol. The van der Waals surface area contributed by atoms with E-state index in [0.29, 0.717) is 15.8 Å². The highest BCUT2D eigenvalue weighted by Crippen LogP contribution is 2.73. The summed E-state index contributed by atoms with van der Waals surface area (Å²) < 4.78 is 5.36. The summed E-state index contributed by atoms with van der Waals surface area (Å²) >= 11 is 11.7. The molecule has 1 N–H and O–H groups in total. The molecule has 140 valence electrons. The molecule has 1 heterocycles. The average molecular weight is 407 g/mol. The molecule has 6 nitrogen and oxygen atoms in total. The van der Waals surface area contributed by atoms with Crippen molar-refractivity contribution in [2.24, 2.45) is 29.1 Å². The summed E-state index contributed by atoms with van der Waals surface area (Å²) in [5, 5.41) is 1.58. The molecule has 8 heteroatoms. The van der Waals surface area contributed by atoms with E-state index >= 15 is 0 Å². The number of carbonyl (C=O) groups is 3. The molecule has 2 bridgehead atoms. The minimum absolute atomic E-state index is 0.123. The molecular formula is C19H16Cl2N2O4. The lowest BCUT2D eigenvalue weighted by Crippen LogP contribution is -2.49. The summed E-state index contributed by atoms with van der Waals surface area (Å²) in [7, 11) is 0. The quantitative estimate of drug-likeness (QED) is 0.615. The lowest BCUT2D eigenvalue weighted by molar-refractivity contribution is -0.150. The first kappa shape index (κ1) is 17.1. The number of hydrogen-bond donors (Lipinski definition) is 1. The molecular weight excluding hydrogens is 391 g/mol. The Morgan fingerprint density at radius 3 is 2.30 bits per heavy atom. The first-order valence-electron chi connectivity index (χ1n) is 8.86. The number of rotatable bonds is 4. The maximum atomic E-state index is 12.8. The lowest BCUT2D eigenvalue weighted by atomic mass is 9.85. The largest absolute Gasteiger partial charge is 0.484 e. The molecule has 3 aliphatic carbocycles. The Labute approximate surface area is 165 Å². The monoisotopic (exact) mass is 406 g/mol. The summed E-state index contributed by atoms with van der Waals surface area (Å²) in [5.74, 6) is -1.26. The third kappa shape index (κ3) is 2.36. The van der Waals surface area contributed by atoms with Crippen molar-refractivity contribution in [1.29, 1.82) is 0 Å².